The highest BCUT2D eigenvalue weighted by Crippen LogP contribution is 2.30. The van der Waals surface area contributed by atoms with Gasteiger partial charge >= 0.3 is 0 Å². The van der Waals surface area contributed by atoms with Crippen LogP contribution in [0, 0.1) is 0 Å². The Hall–Kier alpha value is -2.63. The molecule has 3 rings (SSSR count). The van der Waals surface area contributed by atoms with Gasteiger partial charge in [0.2, 0.25) is 0 Å². The number of ketones is 1. The fraction of sp³-hybridized carbons (Fsp3) is 0.214. The van der Waals surface area contributed by atoms with Crippen molar-refractivity contribution < 1.29 is 14.7 Å². The summed E-state index contributed by atoms with van der Waals surface area (Å²) in [6.07, 6.45) is 3.57. The van der Waals surface area contributed by atoms with Gasteiger partial charge < -0.3 is 14.9 Å². The number of aromatic amines is 1. The first-order valence-corrected chi connectivity index (χ1v) is 6.29. The number of Topliss-reactive ketones (excluding diaryl/α,β-unsaturated/α-hetero) is 1. The Morgan fingerprint density at radius 3 is 3.10 bits per heavy atom. The molecule has 0 amide bonds. The molecule has 0 spiro atoms. The van der Waals surface area contributed by atoms with Gasteiger partial charge in [0.15, 0.2) is 11.3 Å². The number of aromatic nitrogens is 2. The molecule has 1 aliphatic heterocycles. The molecule has 6 nitrogen and oxygen atoms in total. The summed E-state index contributed by atoms with van der Waals surface area (Å²) in [4.78, 5) is 19.6. The van der Waals surface area contributed by atoms with E-state index in [9.17, 15) is 4.79 Å². The van der Waals surface area contributed by atoms with Gasteiger partial charge in [0, 0.05) is 12.4 Å². The lowest BCUT2D eigenvalue weighted by Crippen LogP contribution is -2.24. The maximum Gasteiger partial charge on any atom is 0.191 e. The molecule has 1 aromatic heterocycles. The summed E-state index contributed by atoms with van der Waals surface area (Å²) in [5.74, 6) is 0.0273. The number of carbonyl (C=O) groups excluding carboxylic acids is 1. The van der Waals surface area contributed by atoms with Crippen LogP contribution in [0.3, 0.4) is 0 Å². The molecule has 2 N–H and O–H groups in total. The molecule has 20 heavy (non-hydrogen) atoms. The van der Waals surface area contributed by atoms with Gasteiger partial charge in [-0.15, -0.1) is 0 Å². The SMILES string of the molecule is O=C1c2ccccc2OCCC1c1ncc[nH]c1=NO. The largest absolute Gasteiger partial charge is 0.493 e. The molecule has 1 aromatic carbocycles. The lowest BCUT2D eigenvalue weighted by atomic mass is 9.92. The number of fused-ring (bicyclic) bond motifs is 1. The molecule has 0 bridgehead atoms. The highest BCUT2D eigenvalue weighted by atomic mass is 16.5. The number of hydrogen-bond donors (Lipinski definition) is 2. The van der Waals surface area contributed by atoms with Gasteiger partial charge in [-0.2, -0.15) is 0 Å². The van der Waals surface area contributed by atoms with Crippen molar-refractivity contribution in [1.29, 1.82) is 0 Å². The van der Waals surface area contributed by atoms with Crippen molar-refractivity contribution in [1.82, 2.24) is 9.97 Å². The van der Waals surface area contributed by atoms with Crippen LogP contribution < -0.4 is 10.2 Å². The molecule has 2 aromatic rings. The Kier molecular flexibility index (Phi) is 3.20. The van der Waals surface area contributed by atoms with E-state index < -0.39 is 5.92 Å². The van der Waals surface area contributed by atoms with Crippen molar-refractivity contribution in [2.45, 2.75) is 12.3 Å². The van der Waals surface area contributed by atoms with E-state index in [1.165, 1.54) is 6.20 Å². The van der Waals surface area contributed by atoms with Gasteiger partial charge in [0.1, 0.15) is 5.75 Å². The summed E-state index contributed by atoms with van der Waals surface area (Å²) in [6, 6.07) is 7.13. The van der Waals surface area contributed by atoms with Crippen molar-refractivity contribution in [2.24, 2.45) is 5.16 Å². The number of ether oxygens (including phenoxy) is 1. The number of nitrogens with zero attached hydrogens (tertiary/aromatic N) is 2. The number of benzene rings is 1. The smallest absolute Gasteiger partial charge is 0.191 e. The molecular weight excluding hydrogens is 258 g/mol. The molecule has 1 unspecified atom stereocenters. The monoisotopic (exact) mass is 271 g/mol. The Morgan fingerprint density at radius 1 is 1.40 bits per heavy atom. The van der Waals surface area contributed by atoms with E-state index in [1.807, 2.05) is 6.07 Å². The average molecular weight is 271 g/mol. The third-order valence-electron chi connectivity index (χ3n) is 3.31. The molecule has 0 saturated heterocycles. The van der Waals surface area contributed by atoms with Gasteiger partial charge in [-0.05, 0) is 18.6 Å². The van der Waals surface area contributed by atoms with E-state index in [-0.39, 0.29) is 11.3 Å². The first kappa shape index (κ1) is 12.4. The number of carbonyl (C=O) groups is 1. The highest BCUT2D eigenvalue weighted by Gasteiger charge is 2.29. The lowest BCUT2D eigenvalue weighted by molar-refractivity contribution is 0.0955. The summed E-state index contributed by atoms with van der Waals surface area (Å²) in [7, 11) is 0. The second-order valence-electron chi connectivity index (χ2n) is 4.47. The third kappa shape index (κ3) is 2.05. The average Bonchev–Trinajstić information content (AvgIpc) is 2.67. The van der Waals surface area contributed by atoms with Crippen LogP contribution in [0.1, 0.15) is 28.4 Å². The topological polar surface area (TPSA) is 87.6 Å². The van der Waals surface area contributed by atoms with E-state index in [2.05, 4.69) is 15.1 Å². The fourth-order valence-corrected chi connectivity index (χ4v) is 2.37. The lowest BCUT2D eigenvalue weighted by Gasteiger charge is -2.11. The van der Waals surface area contributed by atoms with Gasteiger partial charge in [0.05, 0.1) is 23.8 Å². The Bertz CT molecular complexity index is 709. The number of H-pyrrole nitrogens is 1. The highest BCUT2D eigenvalue weighted by molar-refractivity contribution is 6.03. The van der Waals surface area contributed by atoms with Crippen molar-refractivity contribution in [3.05, 3.63) is 53.4 Å². The zero-order chi connectivity index (χ0) is 13.9. The minimum Gasteiger partial charge on any atom is -0.493 e. The second kappa shape index (κ2) is 5.16. The number of hydrogen-bond acceptors (Lipinski definition) is 5. The van der Waals surface area contributed by atoms with Crippen LogP contribution in [0.4, 0.5) is 0 Å². The fourth-order valence-electron chi connectivity index (χ4n) is 2.37. The minimum absolute atomic E-state index is 0.0740. The molecule has 0 fully saturated rings. The predicted octanol–water partition coefficient (Wildman–Crippen LogP) is 1.45. The molecule has 1 atom stereocenters. The maximum absolute atomic E-state index is 12.6. The first-order chi connectivity index (χ1) is 9.81. The summed E-state index contributed by atoms with van der Waals surface area (Å²) in [5.41, 5.74) is 1.16. The number of nitrogens with one attached hydrogen (secondary N) is 1. The predicted molar refractivity (Wildman–Crippen MR) is 69.6 cm³/mol. The van der Waals surface area contributed by atoms with E-state index in [4.69, 9.17) is 9.94 Å². The normalized spacial score (nSPS) is 19.1. The Morgan fingerprint density at radius 2 is 2.25 bits per heavy atom. The Labute approximate surface area is 114 Å². The van der Waals surface area contributed by atoms with Crippen molar-refractivity contribution in [2.75, 3.05) is 6.61 Å². The first-order valence-electron chi connectivity index (χ1n) is 6.29. The standard InChI is InChI=1S/C14H13N3O3/c18-13-9-3-1-2-4-11(9)20-8-5-10(13)12-14(17-19)16-7-6-15-12/h1-4,6-7,10,19H,5,8H2,(H,16,17). The van der Waals surface area contributed by atoms with Crippen molar-refractivity contribution in [3.8, 4) is 5.75 Å². The summed E-state index contributed by atoms with van der Waals surface area (Å²) < 4.78 is 5.59. The van der Waals surface area contributed by atoms with Crippen LogP contribution in [0.2, 0.25) is 0 Å². The third-order valence-corrected chi connectivity index (χ3v) is 3.31. The van der Waals surface area contributed by atoms with Crippen LogP contribution in [-0.2, 0) is 0 Å². The molecular formula is C14H13N3O3. The molecule has 0 saturated carbocycles. The summed E-state index contributed by atoms with van der Waals surface area (Å²) in [5, 5.41) is 12.2. The van der Waals surface area contributed by atoms with E-state index >= 15 is 0 Å². The van der Waals surface area contributed by atoms with E-state index in [1.54, 1.807) is 24.4 Å². The molecule has 102 valence electrons. The maximum atomic E-state index is 12.6. The molecule has 0 aliphatic carbocycles. The zero-order valence-corrected chi connectivity index (χ0v) is 10.6. The number of para-hydroxylation sites is 1. The molecule has 0 radical (unpaired) electrons. The molecule has 6 heteroatoms. The number of rotatable bonds is 1. The van der Waals surface area contributed by atoms with Crippen molar-refractivity contribution in [3.63, 3.8) is 0 Å². The van der Waals surface area contributed by atoms with Crippen LogP contribution in [0.25, 0.3) is 0 Å². The van der Waals surface area contributed by atoms with Crippen molar-refractivity contribution >= 4 is 5.78 Å². The van der Waals surface area contributed by atoms with Gasteiger partial charge in [-0.25, -0.2) is 0 Å². The van der Waals surface area contributed by atoms with Crippen LogP contribution in [0.15, 0.2) is 41.8 Å². The summed E-state index contributed by atoms with van der Waals surface area (Å²) in [6.45, 7) is 0.412. The minimum atomic E-state index is -0.484. The second-order valence-corrected chi connectivity index (χ2v) is 4.47. The van der Waals surface area contributed by atoms with Crippen LogP contribution in [0.5, 0.6) is 5.75 Å². The van der Waals surface area contributed by atoms with Gasteiger partial charge in [0.25, 0.3) is 0 Å². The summed E-state index contributed by atoms with van der Waals surface area (Å²) >= 11 is 0. The van der Waals surface area contributed by atoms with Gasteiger partial charge in [-0.3, -0.25) is 9.78 Å². The van der Waals surface area contributed by atoms with Crippen LogP contribution >= 0.6 is 0 Å². The zero-order valence-electron chi connectivity index (χ0n) is 10.6. The molecule has 1 aliphatic rings. The van der Waals surface area contributed by atoms with E-state index in [0.29, 0.717) is 30.0 Å². The quantitative estimate of drug-likeness (QED) is 0.607. The Balaban J connectivity index is 2.10. The van der Waals surface area contributed by atoms with Gasteiger partial charge in [-0.1, -0.05) is 17.3 Å². The molecule has 2 heterocycles. The van der Waals surface area contributed by atoms with Crippen LogP contribution in [-0.4, -0.2) is 27.6 Å². The van der Waals surface area contributed by atoms with E-state index in [0.717, 1.165) is 0 Å².